The fraction of sp³-hybridized carbons (Fsp3) is 0.444. The van der Waals surface area contributed by atoms with Gasteiger partial charge in [0.05, 0.1) is 6.61 Å². The summed E-state index contributed by atoms with van der Waals surface area (Å²) < 4.78 is 19.0. The maximum absolute atomic E-state index is 13.1. The summed E-state index contributed by atoms with van der Waals surface area (Å²) in [6.07, 6.45) is 1.05. The van der Waals surface area contributed by atoms with Gasteiger partial charge in [0.25, 0.3) is 0 Å². The van der Waals surface area contributed by atoms with Gasteiger partial charge in [-0.2, -0.15) is 0 Å². The number of nitrogens with zero attached hydrogens (tertiary/aromatic N) is 3. The second-order valence-corrected chi connectivity index (χ2v) is 6.27. The van der Waals surface area contributed by atoms with E-state index in [4.69, 9.17) is 4.74 Å². The molecule has 1 saturated heterocycles. The first kappa shape index (κ1) is 15.7. The highest BCUT2D eigenvalue weighted by molar-refractivity contribution is 5.34. The monoisotopic (exact) mass is 315 g/mol. The first-order valence-corrected chi connectivity index (χ1v) is 7.97. The van der Waals surface area contributed by atoms with Crippen molar-refractivity contribution >= 4 is 5.95 Å². The lowest BCUT2D eigenvalue weighted by Gasteiger charge is -2.18. The molecule has 0 N–H and O–H groups in total. The summed E-state index contributed by atoms with van der Waals surface area (Å²) in [6, 6.07) is 6.62. The number of aryl methyl sites for hydroxylation is 3. The fourth-order valence-electron chi connectivity index (χ4n) is 2.98. The van der Waals surface area contributed by atoms with E-state index in [1.54, 1.807) is 6.07 Å². The summed E-state index contributed by atoms with van der Waals surface area (Å²) in [5.74, 6) is 1.77. The van der Waals surface area contributed by atoms with Gasteiger partial charge in [0, 0.05) is 30.4 Å². The Bertz CT molecular complexity index is 684. The smallest absolute Gasteiger partial charge is 0.225 e. The van der Waals surface area contributed by atoms with Crippen molar-refractivity contribution in [2.75, 3.05) is 24.6 Å². The molecule has 4 nitrogen and oxygen atoms in total. The average Bonchev–Trinajstić information content (AvgIpc) is 2.94. The molecule has 2 heterocycles. The summed E-state index contributed by atoms with van der Waals surface area (Å²) in [6.45, 7) is 8.32. The fourth-order valence-corrected chi connectivity index (χ4v) is 2.98. The highest BCUT2D eigenvalue weighted by Gasteiger charge is 2.25. The number of hydrogen-bond acceptors (Lipinski definition) is 4. The van der Waals surface area contributed by atoms with E-state index in [1.807, 2.05) is 26.8 Å². The third kappa shape index (κ3) is 3.78. The summed E-state index contributed by atoms with van der Waals surface area (Å²) >= 11 is 0. The molecule has 1 atom stereocenters. The van der Waals surface area contributed by atoms with Crippen LogP contribution in [0, 0.1) is 32.5 Å². The lowest BCUT2D eigenvalue weighted by molar-refractivity contribution is 0.259. The minimum atomic E-state index is -0.228. The topological polar surface area (TPSA) is 38.2 Å². The number of rotatable bonds is 4. The predicted molar refractivity (Wildman–Crippen MR) is 88.5 cm³/mol. The van der Waals surface area contributed by atoms with Gasteiger partial charge < -0.3 is 9.64 Å². The quantitative estimate of drug-likeness (QED) is 0.866. The van der Waals surface area contributed by atoms with Crippen molar-refractivity contribution in [1.82, 2.24) is 9.97 Å². The average molecular weight is 315 g/mol. The molecule has 1 aromatic heterocycles. The molecule has 5 heteroatoms. The highest BCUT2D eigenvalue weighted by atomic mass is 19.1. The van der Waals surface area contributed by atoms with E-state index in [2.05, 4.69) is 14.9 Å². The van der Waals surface area contributed by atoms with Gasteiger partial charge in [-0.05, 0) is 57.0 Å². The van der Waals surface area contributed by atoms with Crippen LogP contribution in [-0.4, -0.2) is 29.7 Å². The third-order valence-electron chi connectivity index (χ3n) is 4.15. The molecule has 23 heavy (non-hydrogen) atoms. The van der Waals surface area contributed by atoms with Crippen molar-refractivity contribution in [3.63, 3.8) is 0 Å². The number of hydrogen-bond donors (Lipinski definition) is 0. The van der Waals surface area contributed by atoms with Crippen LogP contribution in [-0.2, 0) is 0 Å². The van der Waals surface area contributed by atoms with Crippen LogP contribution in [0.4, 0.5) is 10.3 Å². The first-order chi connectivity index (χ1) is 11.0. The van der Waals surface area contributed by atoms with Crippen molar-refractivity contribution in [3.05, 3.63) is 47.0 Å². The van der Waals surface area contributed by atoms with Gasteiger partial charge >= 0.3 is 0 Å². The molecule has 0 radical (unpaired) electrons. The first-order valence-electron chi connectivity index (χ1n) is 7.97. The summed E-state index contributed by atoms with van der Waals surface area (Å²) in [5.41, 5.74) is 2.82. The SMILES string of the molecule is Cc1cc(C)nc(N2CCC(COc3ccc(F)cc3C)C2)n1. The van der Waals surface area contributed by atoms with Crippen molar-refractivity contribution in [3.8, 4) is 5.75 Å². The molecule has 1 aliphatic heterocycles. The molecule has 122 valence electrons. The van der Waals surface area contributed by atoms with Crippen LogP contribution in [0.2, 0.25) is 0 Å². The molecular formula is C18H22FN3O. The van der Waals surface area contributed by atoms with Gasteiger partial charge in [-0.3, -0.25) is 0 Å². The van der Waals surface area contributed by atoms with Crippen LogP contribution in [0.5, 0.6) is 5.75 Å². The van der Waals surface area contributed by atoms with E-state index < -0.39 is 0 Å². The van der Waals surface area contributed by atoms with E-state index in [0.29, 0.717) is 12.5 Å². The van der Waals surface area contributed by atoms with Crippen LogP contribution in [0.1, 0.15) is 23.4 Å². The lowest BCUT2D eigenvalue weighted by Crippen LogP contribution is -2.24. The summed E-state index contributed by atoms with van der Waals surface area (Å²) in [7, 11) is 0. The molecule has 3 rings (SSSR count). The number of aromatic nitrogens is 2. The lowest BCUT2D eigenvalue weighted by atomic mass is 10.1. The Labute approximate surface area is 136 Å². The molecule has 0 spiro atoms. The van der Waals surface area contributed by atoms with Gasteiger partial charge in [0.2, 0.25) is 5.95 Å². The van der Waals surface area contributed by atoms with Gasteiger partial charge in [0.15, 0.2) is 0 Å². The molecule has 1 aliphatic rings. The molecular weight excluding hydrogens is 293 g/mol. The molecule has 0 aliphatic carbocycles. The Morgan fingerprint density at radius 2 is 1.91 bits per heavy atom. The zero-order valence-electron chi connectivity index (χ0n) is 13.8. The van der Waals surface area contributed by atoms with Crippen LogP contribution in [0.25, 0.3) is 0 Å². The molecule has 1 aromatic carbocycles. The van der Waals surface area contributed by atoms with E-state index in [0.717, 1.165) is 48.2 Å². The number of anilines is 1. The molecule has 0 saturated carbocycles. The predicted octanol–water partition coefficient (Wildman–Crippen LogP) is 3.45. The maximum atomic E-state index is 13.1. The van der Waals surface area contributed by atoms with Crippen LogP contribution in [0.3, 0.4) is 0 Å². The standard InChI is InChI=1S/C18H22FN3O/c1-12-8-16(19)4-5-17(12)23-11-15-6-7-22(10-15)18-20-13(2)9-14(3)21-18/h4-5,8-9,15H,6-7,10-11H2,1-3H3. The Kier molecular flexibility index (Phi) is 4.46. The van der Waals surface area contributed by atoms with E-state index in [9.17, 15) is 4.39 Å². The van der Waals surface area contributed by atoms with Gasteiger partial charge in [0.1, 0.15) is 11.6 Å². The van der Waals surface area contributed by atoms with Gasteiger partial charge in [-0.1, -0.05) is 0 Å². The minimum absolute atomic E-state index is 0.228. The maximum Gasteiger partial charge on any atom is 0.225 e. The third-order valence-corrected chi connectivity index (χ3v) is 4.15. The zero-order valence-corrected chi connectivity index (χ0v) is 13.8. The van der Waals surface area contributed by atoms with Crippen molar-refractivity contribution < 1.29 is 9.13 Å². The number of ether oxygens (including phenoxy) is 1. The second-order valence-electron chi connectivity index (χ2n) is 6.27. The van der Waals surface area contributed by atoms with Crippen LogP contribution >= 0.6 is 0 Å². The molecule has 0 bridgehead atoms. The van der Waals surface area contributed by atoms with E-state index in [1.165, 1.54) is 12.1 Å². The Hall–Kier alpha value is -2.17. The second kappa shape index (κ2) is 6.52. The number of benzene rings is 1. The number of halogens is 1. The largest absolute Gasteiger partial charge is 0.493 e. The molecule has 1 fully saturated rings. The highest BCUT2D eigenvalue weighted by Crippen LogP contribution is 2.24. The van der Waals surface area contributed by atoms with E-state index >= 15 is 0 Å². The molecule has 1 unspecified atom stereocenters. The van der Waals surface area contributed by atoms with Crippen LogP contribution in [0.15, 0.2) is 24.3 Å². The van der Waals surface area contributed by atoms with Crippen molar-refractivity contribution in [2.24, 2.45) is 5.92 Å². The van der Waals surface area contributed by atoms with Crippen molar-refractivity contribution in [2.45, 2.75) is 27.2 Å². The zero-order chi connectivity index (χ0) is 16.4. The van der Waals surface area contributed by atoms with Gasteiger partial charge in [-0.25, -0.2) is 14.4 Å². The molecule has 0 amide bonds. The Morgan fingerprint density at radius 3 is 2.61 bits per heavy atom. The van der Waals surface area contributed by atoms with Crippen molar-refractivity contribution in [1.29, 1.82) is 0 Å². The Morgan fingerprint density at radius 1 is 1.17 bits per heavy atom. The Balaban J connectivity index is 1.59. The normalized spacial score (nSPS) is 17.6. The minimum Gasteiger partial charge on any atom is -0.493 e. The molecule has 2 aromatic rings. The summed E-state index contributed by atoms with van der Waals surface area (Å²) in [5, 5.41) is 0. The summed E-state index contributed by atoms with van der Waals surface area (Å²) in [4.78, 5) is 11.3. The van der Waals surface area contributed by atoms with Crippen LogP contribution < -0.4 is 9.64 Å². The van der Waals surface area contributed by atoms with E-state index in [-0.39, 0.29) is 5.82 Å². The van der Waals surface area contributed by atoms with Gasteiger partial charge in [-0.15, -0.1) is 0 Å².